The number of thioether (sulfide) groups is 1. The normalized spacial score (nSPS) is 18.6. The highest BCUT2D eigenvalue weighted by Crippen LogP contribution is 2.24. The molecule has 1 fully saturated rings. The molecule has 2 rings (SSSR count). The Bertz CT molecular complexity index is 760. The van der Waals surface area contributed by atoms with Gasteiger partial charge in [-0.3, -0.25) is 4.79 Å². The molecule has 1 atom stereocenters. The van der Waals surface area contributed by atoms with Crippen LogP contribution in [0, 0.1) is 5.92 Å². The molecule has 1 aromatic carbocycles. The van der Waals surface area contributed by atoms with E-state index >= 15 is 0 Å². The summed E-state index contributed by atoms with van der Waals surface area (Å²) in [5.41, 5.74) is 1.01. The summed E-state index contributed by atoms with van der Waals surface area (Å²) >= 11 is 13.7. The molecule has 1 aliphatic rings. The molecule has 0 aromatic heterocycles. The molecule has 0 saturated carbocycles. The van der Waals surface area contributed by atoms with Gasteiger partial charge < -0.3 is 5.32 Å². The molecule has 1 amide bonds. The standard InChI is InChI=1S/C17H25Cl2N3O3S2/c1-21(2)27(24,25)22-8-3-4-13(11-22)17(23)20-7-9-26-12-14-5-6-15(18)10-16(14)19/h5-6,10,13H,3-4,7-9,11-12H2,1-2H3,(H,20,23)/t13-/m1/s1. The molecule has 27 heavy (non-hydrogen) atoms. The van der Waals surface area contributed by atoms with Crippen molar-refractivity contribution in [3.63, 3.8) is 0 Å². The molecular weight excluding hydrogens is 429 g/mol. The number of nitrogens with one attached hydrogen (secondary N) is 1. The van der Waals surface area contributed by atoms with E-state index in [4.69, 9.17) is 23.2 Å². The Kier molecular flexibility index (Phi) is 8.70. The predicted octanol–water partition coefficient (Wildman–Crippen LogP) is 2.86. The fourth-order valence-electron chi connectivity index (χ4n) is 2.81. The molecule has 0 unspecified atom stereocenters. The molecule has 10 heteroatoms. The van der Waals surface area contributed by atoms with Gasteiger partial charge >= 0.3 is 0 Å². The number of carbonyl (C=O) groups excluding carboxylic acids is 1. The van der Waals surface area contributed by atoms with Crippen molar-refractivity contribution in [2.24, 2.45) is 5.92 Å². The van der Waals surface area contributed by atoms with Crippen LogP contribution < -0.4 is 5.32 Å². The van der Waals surface area contributed by atoms with Crippen LogP contribution in [0.3, 0.4) is 0 Å². The fourth-order valence-corrected chi connectivity index (χ4v) is 5.42. The molecule has 0 aliphatic carbocycles. The first-order chi connectivity index (χ1) is 12.7. The average Bonchev–Trinajstić information content (AvgIpc) is 2.62. The summed E-state index contributed by atoms with van der Waals surface area (Å²) < 4.78 is 27.0. The first-order valence-corrected chi connectivity index (χ1v) is 12.0. The van der Waals surface area contributed by atoms with Gasteiger partial charge in [0.1, 0.15) is 0 Å². The first-order valence-electron chi connectivity index (χ1n) is 8.69. The van der Waals surface area contributed by atoms with Crippen LogP contribution >= 0.6 is 35.0 Å². The summed E-state index contributed by atoms with van der Waals surface area (Å²) in [5, 5.41) is 4.17. The molecule has 1 aliphatic heterocycles. The van der Waals surface area contributed by atoms with Crippen molar-refractivity contribution >= 4 is 51.1 Å². The third-order valence-corrected chi connectivity index (χ3v) is 7.86. The molecule has 1 N–H and O–H groups in total. The highest BCUT2D eigenvalue weighted by molar-refractivity contribution is 7.98. The van der Waals surface area contributed by atoms with E-state index in [0.717, 1.165) is 17.1 Å². The lowest BCUT2D eigenvalue weighted by atomic mass is 9.99. The number of nitrogens with zero attached hydrogens (tertiary/aromatic N) is 2. The maximum absolute atomic E-state index is 12.4. The molecule has 1 aromatic rings. The van der Waals surface area contributed by atoms with Gasteiger partial charge in [0, 0.05) is 55.3 Å². The topological polar surface area (TPSA) is 69.7 Å². The Hall–Kier alpha value is -0.510. The third-order valence-electron chi connectivity index (χ3n) is 4.36. The predicted molar refractivity (Wildman–Crippen MR) is 113 cm³/mol. The van der Waals surface area contributed by atoms with Crippen LogP contribution in [-0.4, -0.2) is 62.4 Å². The van der Waals surface area contributed by atoms with Gasteiger partial charge in [-0.1, -0.05) is 29.3 Å². The Balaban J connectivity index is 1.74. The molecule has 0 spiro atoms. The highest BCUT2D eigenvalue weighted by Gasteiger charge is 2.33. The van der Waals surface area contributed by atoms with Gasteiger partial charge in [-0.05, 0) is 30.5 Å². The third kappa shape index (κ3) is 6.51. The lowest BCUT2D eigenvalue weighted by Gasteiger charge is -2.32. The molecule has 0 radical (unpaired) electrons. The second-order valence-corrected chi connectivity index (χ2v) is 10.7. The van der Waals surface area contributed by atoms with Gasteiger partial charge in [0.05, 0.1) is 5.92 Å². The monoisotopic (exact) mass is 453 g/mol. The van der Waals surface area contributed by atoms with Gasteiger partial charge in [0.15, 0.2) is 0 Å². The van der Waals surface area contributed by atoms with Crippen molar-refractivity contribution in [2.75, 3.05) is 39.5 Å². The Morgan fingerprint density at radius 3 is 2.78 bits per heavy atom. The van der Waals surface area contributed by atoms with E-state index in [-0.39, 0.29) is 18.4 Å². The van der Waals surface area contributed by atoms with Crippen LogP contribution in [0.5, 0.6) is 0 Å². The Morgan fingerprint density at radius 1 is 1.37 bits per heavy atom. The van der Waals surface area contributed by atoms with Gasteiger partial charge in [-0.15, -0.1) is 0 Å². The van der Waals surface area contributed by atoms with E-state index in [0.29, 0.717) is 36.0 Å². The summed E-state index contributed by atoms with van der Waals surface area (Å²) in [6.07, 6.45) is 1.40. The number of hydrogen-bond donors (Lipinski definition) is 1. The molecule has 152 valence electrons. The zero-order chi connectivity index (χ0) is 20.0. The van der Waals surface area contributed by atoms with Gasteiger partial charge in [-0.25, -0.2) is 0 Å². The first kappa shape index (κ1) is 22.8. The highest BCUT2D eigenvalue weighted by atomic mass is 35.5. The number of carbonyl (C=O) groups is 1. The van der Waals surface area contributed by atoms with Crippen LogP contribution in [0.2, 0.25) is 10.0 Å². The lowest BCUT2D eigenvalue weighted by molar-refractivity contribution is -0.125. The van der Waals surface area contributed by atoms with E-state index in [1.807, 2.05) is 12.1 Å². The molecule has 1 saturated heterocycles. The van der Waals surface area contributed by atoms with E-state index < -0.39 is 10.2 Å². The van der Waals surface area contributed by atoms with Crippen molar-refractivity contribution in [2.45, 2.75) is 18.6 Å². The number of hydrogen-bond acceptors (Lipinski definition) is 4. The lowest BCUT2D eigenvalue weighted by Crippen LogP contribution is -2.49. The van der Waals surface area contributed by atoms with Crippen LogP contribution in [0.4, 0.5) is 0 Å². The summed E-state index contributed by atoms with van der Waals surface area (Å²) in [6.45, 7) is 1.23. The van der Waals surface area contributed by atoms with Crippen molar-refractivity contribution in [1.82, 2.24) is 13.9 Å². The minimum Gasteiger partial charge on any atom is -0.355 e. The van der Waals surface area contributed by atoms with Crippen molar-refractivity contribution < 1.29 is 13.2 Å². The number of piperidine rings is 1. The van der Waals surface area contributed by atoms with Gasteiger partial charge in [0.2, 0.25) is 5.91 Å². The van der Waals surface area contributed by atoms with Crippen LogP contribution in [0.25, 0.3) is 0 Å². The quantitative estimate of drug-likeness (QED) is 0.614. The summed E-state index contributed by atoms with van der Waals surface area (Å²) in [5.74, 6) is 1.10. The largest absolute Gasteiger partial charge is 0.355 e. The minimum absolute atomic E-state index is 0.0845. The molecule has 1 heterocycles. The van der Waals surface area contributed by atoms with E-state index in [2.05, 4.69) is 5.32 Å². The van der Waals surface area contributed by atoms with Crippen molar-refractivity contribution in [3.8, 4) is 0 Å². The SMILES string of the molecule is CN(C)S(=O)(=O)N1CCC[C@@H](C(=O)NCCSCc2ccc(Cl)cc2Cl)C1. The number of rotatable bonds is 8. The van der Waals surface area contributed by atoms with Gasteiger partial charge in [-0.2, -0.15) is 28.8 Å². The minimum atomic E-state index is -3.47. The van der Waals surface area contributed by atoms with Gasteiger partial charge in [0.25, 0.3) is 10.2 Å². The number of amides is 1. The fraction of sp³-hybridized carbons (Fsp3) is 0.588. The number of halogens is 2. The molecular formula is C17H25Cl2N3O3S2. The molecule has 6 nitrogen and oxygen atoms in total. The Morgan fingerprint density at radius 2 is 2.11 bits per heavy atom. The smallest absolute Gasteiger partial charge is 0.281 e. The summed E-state index contributed by atoms with van der Waals surface area (Å²) in [6, 6.07) is 5.43. The van der Waals surface area contributed by atoms with Crippen LogP contribution in [0.1, 0.15) is 18.4 Å². The average molecular weight is 454 g/mol. The van der Waals surface area contributed by atoms with E-state index in [1.165, 1.54) is 22.7 Å². The van der Waals surface area contributed by atoms with Crippen molar-refractivity contribution in [1.29, 1.82) is 0 Å². The molecule has 0 bridgehead atoms. The van der Waals surface area contributed by atoms with Crippen LogP contribution in [-0.2, 0) is 20.8 Å². The zero-order valence-electron chi connectivity index (χ0n) is 15.5. The zero-order valence-corrected chi connectivity index (χ0v) is 18.6. The number of benzene rings is 1. The maximum Gasteiger partial charge on any atom is 0.281 e. The van der Waals surface area contributed by atoms with E-state index in [1.54, 1.807) is 17.8 Å². The van der Waals surface area contributed by atoms with Crippen LogP contribution in [0.15, 0.2) is 18.2 Å². The summed E-state index contributed by atoms with van der Waals surface area (Å²) in [4.78, 5) is 12.4. The maximum atomic E-state index is 12.4. The van der Waals surface area contributed by atoms with E-state index in [9.17, 15) is 13.2 Å². The second kappa shape index (κ2) is 10.3. The summed E-state index contributed by atoms with van der Waals surface area (Å²) in [7, 11) is -0.466. The second-order valence-electron chi connectivity index (χ2n) is 6.57. The Labute approximate surface area is 175 Å². The van der Waals surface area contributed by atoms with Crippen molar-refractivity contribution in [3.05, 3.63) is 33.8 Å².